The topological polar surface area (TPSA) is 86.6 Å². The van der Waals surface area contributed by atoms with Crippen molar-refractivity contribution in [3.8, 4) is 17.6 Å². The molecular weight excluding hydrogens is 380 g/mol. The molecule has 0 spiro atoms. The number of nitrogens with zero attached hydrogens (tertiary/aromatic N) is 2. The van der Waals surface area contributed by atoms with Gasteiger partial charge in [-0.1, -0.05) is 0 Å². The summed E-state index contributed by atoms with van der Waals surface area (Å²) in [4.78, 5) is 14.9. The Hall–Kier alpha value is -3.66. The maximum atomic E-state index is 12.5. The summed E-state index contributed by atoms with van der Waals surface area (Å²) in [5.41, 5.74) is 2.36. The lowest BCUT2D eigenvalue weighted by Crippen LogP contribution is -2.29. The fourth-order valence-electron chi connectivity index (χ4n) is 3.33. The third-order valence-electron chi connectivity index (χ3n) is 4.99. The number of rotatable bonds is 7. The van der Waals surface area contributed by atoms with Crippen LogP contribution in [-0.2, 0) is 4.79 Å². The minimum atomic E-state index is -0.540. The predicted molar refractivity (Wildman–Crippen MR) is 118 cm³/mol. The Morgan fingerprint density at radius 1 is 1.07 bits per heavy atom. The summed E-state index contributed by atoms with van der Waals surface area (Å²) in [6, 6.07) is 15.0. The third-order valence-corrected chi connectivity index (χ3v) is 4.99. The van der Waals surface area contributed by atoms with Crippen LogP contribution in [0.25, 0.3) is 0 Å². The first kappa shape index (κ1) is 21.1. The van der Waals surface area contributed by atoms with E-state index in [0.29, 0.717) is 17.2 Å². The minimum Gasteiger partial charge on any atom is -0.497 e. The molecule has 1 aliphatic heterocycles. The lowest BCUT2D eigenvalue weighted by molar-refractivity contribution is -0.112. The normalized spacial score (nSPS) is 13.9. The number of hydrogen-bond acceptors (Lipinski definition) is 6. The Morgan fingerprint density at radius 3 is 2.43 bits per heavy atom. The molecule has 3 rings (SSSR count). The monoisotopic (exact) mass is 406 g/mol. The van der Waals surface area contributed by atoms with Gasteiger partial charge < -0.3 is 25.0 Å². The average Bonchev–Trinajstić information content (AvgIpc) is 2.80. The molecule has 0 radical (unpaired) electrons. The Kier molecular flexibility index (Phi) is 7.17. The molecule has 1 amide bonds. The van der Waals surface area contributed by atoms with E-state index in [1.165, 1.54) is 45.4 Å². The first-order valence-corrected chi connectivity index (χ1v) is 9.90. The van der Waals surface area contributed by atoms with Gasteiger partial charge in [-0.3, -0.25) is 4.79 Å². The fourth-order valence-corrected chi connectivity index (χ4v) is 3.33. The Morgan fingerprint density at radius 2 is 1.80 bits per heavy atom. The lowest BCUT2D eigenvalue weighted by atomic mass is 10.1. The van der Waals surface area contributed by atoms with Gasteiger partial charge in [-0.15, -0.1) is 0 Å². The second-order valence-corrected chi connectivity index (χ2v) is 6.93. The average molecular weight is 406 g/mol. The van der Waals surface area contributed by atoms with Crippen LogP contribution in [0.4, 0.5) is 17.1 Å². The number of ether oxygens (including phenoxy) is 2. The Bertz CT molecular complexity index is 942. The number of nitriles is 1. The Labute approximate surface area is 176 Å². The summed E-state index contributed by atoms with van der Waals surface area (Å²) >= 11 is 0. The molecule has 0 bridgehead atoms. The van der Waals surface area contributed by atoms with Gasteiger partial charge in [0.1, 0.15) is 23.1 Å². The summed E-state index contributed by atoms with van der Waals surface area (Å²) in [7, 11) is 3.04. The van der Waals surface area contributed by atoms with Crippen molar-refractivity contribution in [2.24, 2.45) is 0 Å². The molecule has 0 aliphatic carbocycles. The molecule has 2 aromatic carbocycles. The number of piperidine rings is 1. The van der Waals surface area contributed by atoms with Crippen LogP contribution >= 0.6 is 0 Å². The van der Waals surface area contributed by atoms with E-state index in [2.05, 4.69) is 27.7 Å². The number of amides is 1. The van der Waals surface area contributed by atoms with Crippen LogP contribution in [0.5, 0.6) is 11.5 Å². The molecule has 1 heterocycles. The highest BCUT2D eigenvalue weighted by Gasteiger charge is 2.14. The van der Waals surface area contributed by atoms with Gasteiger partial charge in [0.2, 0.25) is 0 Å². The van der Waals surface area contributed by atoms with Gasteiger partial charge >= 0.3 is 0 Å². The van der Waals surface area contributed by atoms with Gasteiger partial charge in [0, 0.05) is 36.7 Å². The third kappa shape index (κ3) is 5.23. The summed E-state index contributed by atoms with van der Waals surface area (Å²) in [5, 5.41) is 15.1. The van der Waals surface area contributed by atoms with Crippen LogP contribution in [0, 0.1) is 11.3 Å². The zero-order valence-electron chi connectivity index (χ0n) is 17.3. The largest absolute Gasteiger partial charge is 0.497 e. The number of nitrogens with one attached hydrogen (secondary N) is 2. The number of methoxy groups -OCH3 is 2. The zero-order valence-corrected chi connectivity index (χ0v) is 17.3. The molecule has 7 heteroatoms. The fraction of sp³-hybridized carbons (Fsp3) is 0.304. The highest BCUT2D eigenvalue weighted by molar-refractivity contribution is 6.07. The van der Waals surface area contributed by atoms with E-state index in [9.17, 15) is 10.1 Å². The standard InChI is InChI=1S/C23H26N4O3/c1-29-20-10-11-22(30-2)21(14-20)26-23(28)17(15-24)16-25-18-6-8-19(9-7-18)27-12-4-3-5-13-27/h6-11,14,16,25H,3-5,12-13H2,1-2H3,(H,26,28)/b17-16-. The summed E-state index contributed by atoms with van der Waals surface area (Å²) in [5.74, 6) is 0.504. The van der Waals surface area contributed by atoms with E-state index >= 15 is 0 Å². The van der Waals surface area contributed by atoms with Crippen LogP contribution < -0.4 is 25.0 Å². The number of benzene rings is 2. The van der Waals surface area contributed by atoms with Crippen LogP contribution in [0.3, 0.4) is 0 Å². The van der Waals surface area contributed by atoms with Gasteiger partial charge in [-0.25, -0.2) is 0 Å². The number of carbonyl (C=O) groups is 1. The molecule has 1 aliphatic rings. The second-order valence-electron chi connectivity index (χ2n) is 6.93. The number of anilines is 3. The molecular formula is C23H26N4O3. The van der Waals surface area contributed by atoms with Gasteiger partial charge in [-0.2, -0.15) is 5.26 Å². The van der Waals surface area contributed by atoms with Crippen molar-refractivity contribution in [3.05, 3.63) is 54.2 Å². The molecule has 2 N–H and O–H groups in total. The van der Waals surface area contributed by atoms with Crippen molar-refractivity contribution in [2.75, 3.05) is 42.8 Å². The number of hydrogen-bond donors (Lipinski definition) is 2. The first-order valence-electron chi connectivity index (χ1n) is 9.90. The minimum absolute atomic E-state index is 0.0556. The van der Waals surface area contributed by atoms with Crippen molar-refractivity contribution >= 4 is 23.0 Å². The molecule has 156 valence electrons. The van der Waals surface area contributed by atoms with Crippen LogP contribution in [0.1, 0.15) is 19.3 Å². The predicted octanol–water partition coefficient (Wildman–Crippen LogP) is 4.15. The molecule has 0 saturated carbocycles. The maximum Gasteiger partial charge on any atom is 0.267 e. The summed E-state index contributed by atoms with van der Waals surface area (Å²) in [6.45, 7) is 2.17. The molecule has 30 heavy (non-hydrogen) atoms. The maximum absolute atomic E-state index is 12.5. The number of carbonyl (C=O) groups excluding carboxylic acids is 1. The summed E-state index contributed by atoms with van der Waals surface area (Å²) < 4.78 is 10.4. The van der Waals surface area contributed by atoms with Crippen molar-refractivity contribution in [3.63, 3.8) is 0 Å². The van der Waals surface area contributed by atoms with E-state index in [-0.39, 0.29) is 5.57 Å². The van der Waals surface area contributed by atoms with E-state index in [0.717, 1.165) is 18.8 Å². The molecule has 2 aromatic rings. The molecule has 0 unspecified atom stereocenters. The Balaban J connectivity index is 1.67. The summed E-state index contributed by atoms with van der Waals surface area (Å²) in [6.07, 6.45) is 5.14. The van der Waals surface area contributed by atoms with Crippen molar-refractivity contribution in [1.82, 2.24) is 0 Å². The molecule has 0 aromatic heterocycles. The SMILES string of the molecule is COc1ccc(OC)c(NC(=O)/C(C#N)=C\Nc2ccc(N3CCCCC3)cc2)c1. The lowest BCUT2D eigenvalue weighted by Gasteiger charge is -2.28. The highest BCUT2D eigenvalue weighted by atomic mass is 16.5. The molecule has 1 saturated heterocycles. The van der Waals surface area contributed by atoms with Gasteiger partial charge in [0.05, 0.1) is 19.9 Å². The van der Waals surface area contributed by atoms with Crippen molar-refractivity contribution < 1.29 is 14.3 Å². The van der Waals surface area contributed by atoms with Crippen LogP contribution in [0.2, 0.25) is 0 Å². The molecule has 0 atom stereocenters. The first-order chi connectivity index (χ1) is 14.6. The van der Waals surface area contributed by atoms with Crippen molar-refractivity contribution in [2.45, 2.75) is 19.3 Å². The molecule has 1 fully saturated rings. The van der Waals surface area contributed by atoms with E-state index in [1.54, 1.807) is 18.2 Å². The quantitative estimate of drug-likeness (QED) is 0.531. The molecule has 7 nitrogen and oxygen atoms in total. The second kappa shape index (κ2) is 10.2. The van der Waals surface area contributed by atoms with E-state index in [4.69, 9.17) is 9.47 Å². The van der Waals surface area contributed by atoms with Gasteiger partial charge in [0.25, 0.3) is 5.91 Å². The van der Waals surface area contributed by atoms with Crippen LogP contribution in [0.15, 0.2) is 54.2 Å². The van der Waals surface area contributed by atoms with Gasteiger partial charge in [-0.05, 0) is 55.7 Å². The van der Waals surface area contributed by atoms with Gasteiger partial charge in [0.15, 0.2) is 0 Å². The zero-order chi connectivity index (χ0) is 21.3. The van der Waals surface area contributed by atoms with Crippen molar-refractivity contribution in [1.29, 1.82) is 5.26 Å². The smallest absolute Gasteiger partial charge is 0.267 e. The van der Waals surface area contributed by atoms with E-state index in [1.807, 2.05) is 18.2 Å². The van der Waals surface area contributed by atoms with E-state index < -0.39 is 5.91 Å². The van der Waals surface area contributed by atoms with Crippen LogP contribution in [-0.4, -0.2) is 33.2 Å². The highest BCUT2D eigenvalue weighted by Crippen LogP contribution is 2.29.